The number of nitrogens with one attached hydrogen (secondary N) is 1. The summed E-state index contributed by atoms with van der Waals surface area (Å²) in [5.74, 6) is -1.12. The Hall–Kier alpha value is -2.94. The molecule has 0 aliphatic carbocycles. The maximum Gasteiger partial charge on any atom is 0.341 e. The Kier molecular flexibility index (Phi) is 7.50. The van der Waals surface area contributed by atoms with Crippen molar-refractivity contribution in [3.63, 3.8) is 0 Å². The molecule has 1 aliphatic heterocycles. The van der Waals surface area contributed by atoms with E-state index in [1.807, 2.05) is 18.2 Å². The summed E-state index contributed by atoms with van der Waals surface area (Å²) in [6.45, 7) is 5.31. The van der Waals surface area contributed by atoms with Crippen molar-refractivity contribution in [2.24, 2.45) is 0 Å². The van der Waals surface area contributed by atoms with Crippen LogP contribution >= 0.6 is 22.9 Å². The third kappa shape index (κ3) is 5.41. The fraction of sp³-hybridized carbons (Fsp3) is 0.280. The van der Waals surface area contributed by atoms with Gasteiger partial charge in [0.1, 0.15) is 16.4 Å². The summed E-state index contributed by atoms with van der Waals surface area (Å²) in [7, 11) is 1.29. The van der Waals surface area contributed by atoms with E-state index in [0.29, 0.717) is 21.2 Å². The molecule has 1 fully saturated rings. The highest BCUT2D eigenvalue weighted by molar-refractivity contribution is 7.15. The molecule has 9 heteroatoms. The van der Waals surface area contributed by atoms with Gasteiger partial charge in [-0.1, -0.05) is 29.8 Å². The Labute approximate surface area is 206 Å². The maximum atomic E-state index is 13.3. The van der Waals surface area contributed by atoms with E-state index in [2.05, 4.69) is 22.0 Å². The van der Waals surface area contributed by atoms with E-state index in [-0.39, 0.29) is 23.8 Å². The van der Waals surface area contributed by atoms with Gasteiger partial charge in [-0.05, 0) is 42.3 Å². The maximum absolute atomic E-state index is 13.3. The zero-order chi connectivity index (χ0) is 24.2. The molecule has 6 nitrogen and oxygen atoms in total. The van der Waals surface area contributed by atoms with E-state index in [1.165, 1.54) is 36.1 Å². The molecule has 0 unspecified atom stereocenters. The van der Waals surface area contributed by atoms with Crippen molar-refractivity contribution in [2.45, 2.75) is 6.92 Å². The summed E-state index contributed by atoms with van der Waals surface area (Å²) in [6, 6.07) is 11.7. The van der Waals surface area contributed by atoms with E-state index in [9.17, 15) is 14.0 Å². The van der Waals surface area contributed by atoms with Gasteiger partial charge < -0.3 is 15.0 Å². The van der Waals surface area contributed by atoms with Crippen LogP contribution in [0.3, 0.4) is 0 Å². The number of ether oxygens (including phenoxy) is 1. The molecule has 1 aliphatic rings. The number of amides is 1. The SMILES string of the molecule is COC(=O)c1c(-c2ccc(F)cc2)csc1NC(=O)CN1CCN(c2cc(Cl)ccc2C)CC1. The fourth-order valence-electron chi connectivity index (χ4n) is 4.04. The number of benzene rings is 2. The molecule has 1 amide bonds. The predicted octanol–water partition coefficient (Wildman–Crippen LogP) is 5.06. The molecule has 0 saturated carbocycles. The van der Waals surface area contributed by atoms with Gasteiger partial charge in [-0.2, -0.15) is 0 Å². The van der Waals surface area contributed by atoms with Crippen LogP contribution in [0.4, 0.5) is 15.1 Å². The lowest BCUT2D eigenvalue weighted by Gasteiger charge is -2.36. The molecular weight excluding hydrogens is 477 g/mol. The van der Waals surface area contributed by atoms with Crippen molar-refractivity contribution < 1.29 is 18.7 Å². The normalized spacial score (nSPS) is 14.2. The van der Waals surface area contributed by atoms with Crippen molar-refractivity contribution >= 4 is 45.5 Å². The Balaban J connectivity index is 1.41. The first-order chi connectivity index (χ1) is 16.4. The molecule has 0 atom stereocenters. The molecule has 1 saturated heterocycles. The molecule has 3 aromatic rings. The number of thiophene rings is 1. The minimum atomic E-state index is -0.554. The van der Waals surface area contributed by atoms with Crippen LogP contribution < -0.4 is 10.2 Å². The van der Waals surface area contributed by atoms with Gasteiger partial charge in [0, 0.05) is 47.8 Å². The van der Waals surface area contributed by atoms with Crippen LogP contribution in [0.15, 0.2) is 47.8 Å². The van der Waals surface area contributed by atoms with Crippen molar-refractivity contribution in [3.8, 4) is 11.1 Å². The number of hydrogen-bond acceptors (Lipinski definition) is 6. The van der Waals surface area contributed by atoms with E-state index < -0.39 is 5.97 Å². The van der Waals surface area contributed by atoms with Crippen LogP contribution in [-0.4, -0.2) is 56.6 Å². The first kappa shape index (κ1) is 24.2. The molecular formula is C25H25ClFN3O3S. The number of methoxy groups -OCH3 is 1. The standard InChI is InChI=1S/C25H25ClFN3O3S/c1-16-3-6-18(26)13-21(16)30-11-9-29(10-12-30)14-22(31)28-24-23(25(32)33-2)20(15-34-24)17-4-7-19(27)8-5-17/h3-8,13,15H,9-12,14H2,1-2H3,(H,28,31). The zero-order valence-electron chi connectivity index (χ0n) is 18.9. The summed E-state index contributed by atoms with van der Waals surface area (Å²) in [6.07, 6.45) is 0. The van der Waals surface area contributed by atoms with Gasteiger partial charge in [0.2, 0.25) is 5.91 Å². The van der Waals surface area contributed by atoms with Gasteiger partial charge in [0.15, 0.2) is 0 Å². The largest absolute Gasteiger partial charge is 0.465 e. The summed E-state index contributed by atoms with van der Waals surface area (Å²) < 4.78 is 18.3. The number of esters is 1. The van der Waals surface area contributed by atoms with E-state index >= 15 is 0 Å². The summed E-state index contributed by atoms with van der Waals surface area (Å²) in [5, 5.41) is 5.76. The smallest absolute Gasteiger partial charge is 0.341 e. The first-order valence-electron chi connectivity index (χ1n) is 10.8. The van der Waals surface area contributed by atoms with Crippen LogP contribution in [-0.2, 0) is 9.53 Å². The summed E-state index contributed by atoms with van der Waals surface area (Å²) in [4.78, 5) is 29.6. The van der Waals surface area contributed by atoms with E-state index in [1.54, 1.807) is 17.5 Å². The number of hydrogen-bond donors (Lipinski definition) is 1. The Morgan fingerprint density at radius 2 is 1.82 bits per heavy atom. The lowest BCUT2D eigenvalue weighted by atomic mass is 10.0. The van der Waals surface area contributed by atoms with Gasteiger partial charge in [-0.25, -0.2) is 9.18 Å². The molecule has 34 heavy (non-hydrogen) atoms. The highest BCUT2D eigenvalue weighted by Crippen LogP contribution is 2.36. The Morgan fingerprint density at radius 3 is 2.50 bits per heavy atom. The molecule has 178 valence electrons. The average Bonchev–Trinajstić information content (AvgIpc) is 3.24. The molecule has 2 aromatic carbocycles. The summed E-state index contributed by atoms with van der Waals surface area (Å²) in [5.41, 5.74) is 3.82. The molecule has 1 N–H and O–H groups in total. The number of aryl methyl sites for hydroxylation is 1. The van der Waals surface area contributed by atoms with Crippen LogP contribution in [0.25, 0.3) is 11.1 Å². The second-order valence-electron chi connectivity index (χ2n) is 8.09. The zero-order valence-corrected chi connectivity index (χ0v) is 20.5. The number of nitrogens with zero attached hydrogens (tertiary/aromatic N) is 2. The van der Waals surface area contributed by atoms with Gasteiger partial charge in [0.05, 0.1) is 13.7 Å². The van der Waals surface area contributed by atoms with Gasteiger partial charge in [-0.15, -0.1) is 11.3 Å². The quantitative estimate of drug-likeness (QED) is 0.478. The monoisotopic (exact) mass is 501 g/mol. The Morgan fingerprint density at radius 1 is 1.12 bits per heavy atom. The minimum absolute atomic E-state index is 0.204. The van der Waals surface area contributed by atoms with Crippen molar-refractivity contribution in [1.82, 2.24) is 4.90 Å². The van der Waals surface area contributed by atoms with Gasteiger partial charge >= 0.3 is 5.97 Å². The average molecular weight is 502 g/mol. The lowest BCUT2D eigenvalue weighted by molar-refractivity contribution is -0.117. The number of rotatable bonds is 6. The van der Waals surface area contributed by atoms with Gasteiger partial charge in [0.25, 0.3) is 0 Å². The molecule has 0 radical (unpaired) electrons. The Bertz CT molecular complexity index is 1190. The van der Waals surface area contributed by atoms with Crippen LogP contribution in [0.2, 0.25) is 5.02 Å². The second-order valence-corrected chi connectivity index (χ2v) is 9.41. The number of piperazine rings is 1. The van der Waals surface area contributed by atoms with Gasteiger partial charge in [-0.3, -0.25) is 9.69 Å². The van der Waals surface area contributed by atoms with E-state index in [4.69, 9.17) is 16.3 Å². The van der Waals surface area contributed by atoms with Crippen molar-refractivity contribution in [1.29, 1.82) is 0 Å². The topological polar surface area (TPSA) is 61.9 Å². The van der Waals surface area contributed by atoms with Crippen LogP contribution in [0.5, 0.6) is 0 Å². The van der Waals surface area contributed by atoms with Crippen LogP contribution in [0, 0.1) is 12.7 Å². The second kappa shape index (κ2) is 10.5. The predicted molar refractivity (Wildman–Crippen MR) is 135 cm³/mol. The van der Waals surface area contributed by atoms with E-state index in [0.717, 1.165) is 31.9 Å². The molecule has 1 aromatic heterocycles. The highest BCUT2D eigenvalue weighted by atomic mass is 35.5. The van der Waals surface area contributed by atoms with Crippen molar-refractivity contribution in [3.05, 3.63) is 69.8 Å². The van der Waals surface area contributed by atoms with Crippen molar-refractivity contribution in [2.75, 3.05) is 50.1 Å². The summed E-state index contributed by atoms with van der Waals surface area (Å²) >= 11 is 7.41. The molecule has 2 heterocycles. The molecule has 0 spiro atoms. The number of carbonyl (C=O) groups excluding carboxylic acids is 2. The molecule has 4 rings (SSSR count). The highest BCUT2D eigenvalue weighted by Gasteiger charge is 2.24. The number of halogens is 2. The van der Waals surface area contributed by atoms with Crippen LogP contribution in [0.1, 0.15) is 15.9 Å². The number of anilines is 2. The third-order valence-corrected chi connectivity index (χ3v) is 6.97. The minimum Gasteiger partial charge on any atom is -0.465 e. The molecule has 0 bridgehead atoms. The third-order valence-electron chi connectivity index (χ3n) is 5.84. The fourth-order valence-corrected chi connectivity index (χ4v) is 5.18. The number of carbonyl (C=O) groups is 2. The lowest BCUT2D eigenvalue weighted by Crippen LogP contribution is -2.48. The first-order valence-corrected chi connectivity index (χ1v) is 12.1.